The van der Waals surface area contributed by atoms with Crippen LogP contribution < -0.4 is 5.32 Å². The quantitative estimate of drug-likeness (QED) is 0.625. The molecule has 12 heavy (non-hydrogen) atoms. The van der Waals surface area contributed by atoms with Crippen LogP contribution in [0.25, 0.3) is 0 Å². The molecule has 0 spiro atoms. The fraction of sp³-hybridized carbons (Fsp3) is 0.750. The van der Waals surface area contributed by atoms with Crippen LogP contribution in [0.4, 0.5) is 0 Å². The van der Waals surface area contributed by atoms with Gasteiger partial charge in [0.2, 0.25) is 0 Å². The van der Waals surface area contributed by atoms with Crippen molar-refractivity contribution in [2.75, 3.05) is 20.6 Å². The Balaban J connectivity index is 2.66. The number of hydrogen-bond acceptors (Lipinski definition) is 3. The first-order valence-corrected chi connectivity index (χ1v) is 3.97. The maximum Gasteiger partial charge on any atom is 0.252 e. The zero-order chi connectivity index (χ0) is 9.35. The highest BCUT2D eigenvalue weighted by atomic mass is 16.2. The van der Waals surface area contributed by atoms with E-state index in [1.54, 1.807) is 0 Å². The molecule has 1 heterocycles. The van der Waals surface area contributed by atoms with Crippen molar-refractivity contribution in [3.05, 3.63) is 0 Å². The van der Waals surface area contributed by atoms with Crippen molar-refractivity contribution in [1.82, 2.24) is 10.2 Å². The van der Waals surface area contributed by atoms with Gasteiger partial charge < -0.3 is 10.2 Å². The average molecular weight is 169 g/mol. The normalized spacial score (nSPS) is 21.1. The van der Waals surface area contributed by atoms with E-state index in [1.807, 2.05) is 32.8 Å². The second-order valence-corrected chi connectivity index (χ2v) is 3.81. The molecule has 0 aromatic rings. The van der Waals surface area contributed by atoms with Crippen LogP contribution in [-0.2, 0) is 4.79 Å². The molecule has 1 aliphatic heterocycles. The third kappa shape index (κ3) is 1.82. The molecule has 0 fully saturated rings. The summed E-state index contributed by atoms with van der Waals surface area (Å²) < 4.78 is 0. The topological polar surface area (TPSA) is 44.7 Å². The zero-order valence-electron chi connectivity index (χ0n) is 8.01. The first-order valence-electron chi connectivity index (χ1n) is 3.97. The number of rotatable bonds is 2. The molecule has 1 rings (SSSR count). The molecule has 1 N–H and O–H groups in total. The molecule has 0 aromatic heterocycles. The molecule has 0 saturated carbocycles. The fourth-order valence-corrected chi connectivity index (χ4v) is 1.07. The van der Waals surface area contributed by atoms with Crippen molar-refractivity contribution < 1.29 is 4.79 Å². The number of nitrogens with zero attached hydrogens (tertiary/aromatic N) is 2. The van der Waals surface area contributed by atoms with Gasteiger partial charge in [-0.1, -0.05) is 0 Å². The molecule has 0 bridgehead atoms. The standard InChI is InChI=1S/C8H15N3O/c1-8(2)7(12)9-6(10-8)5-11(3)4/h5H2,1-4H3,(H,9,10,12). The number of amidine groups is 1. The van der Waals surface area contributed by atoms with E-state index in [4.69, 9.17) is 0 Å². The predicted molar refractivity (Wildman–Crippen MR) is 48.2 cm³/mol. The lowest BCUT2D eigenvalue weighted by Gasteiger charge is -2.07. The summed E-state index contributed by atoms with van der Waals surface area (Å²) in [5, 5.41) is 2.74. The Morgan fingerprint density at radius 1 is 1.50 bits per heavy atom. The summed E-state index contributed by atoms with van der Waals surface area (Å²) in [4.78, 5) is 17.5. The first-order chi connectivity index (χ1) is 5.42. The highest BCUT2D eigenvalue weighted by Crippen LogP contribution is 2.13. The van der Waals surface area contributed by atoms with Crippen molar-refractivity contribution in [1.29, 1.82) is 0 Å². The minimum absolute atomic E-state index is 0.0145. The maximum absolute atomic E-state index is 11.2. The number of aliphatic imine (C=N–C) groups is 1. The Labute approximate surface area is 72.7 Å². The lowest BCUT2D eigenvalue weighted by Crippen LogP contribution is -2.37. The fourth-order valence-electron chi connectivity index (χ4n) is 1.07. The summed E-state index contributed by atoms with van der Waals surface area (Å²) in [7, 11) is 3.89. The van der Waals surface area contributed by atoms with Gasteiger partial charge in [0, 0.05) is 0 Å². The molecule has 4 heteroatoms. The van der Waals surface area contributed by atoms with Crippen LogP contribution in [0.2, 0.25) is 0 Å². The van der Waals surface area contributed by atoms with Gasteiger partial charge in [-0.3, -0.25) is 9.79 Å². The molecule has 0 radical (unpaired) electrons. The van der Waals surface area contributed by atoms with E-state index in [9.17, 15) is 4.79 Å². The molecule has 1 aliphatic rings. The van der Waals surface area contributed by atoms with E-state index in [1.165, 1.54) is 0 Å². The lowest BCUT2D eigenvalue weighted by molar-refractivity contribution is -0.122. The Kier molecular flexibility index (Phi) is 2.19. The van der Waals surface area contributed by atoms with Crippen LogP contribution in [0.5, 0.6) is 0 Å². The van der Waals surface area contributed by atoms with E-state index in [2.05, 4.69) is 10.3 Å². The maximum atomic E-state index is 11.2. The van der Waals surface area contributed by atoms with Gasteiger partial charge in [0.1, 0.15) is 11.4 Å². The summed E-state index contributed by atoms with van der Waals surface area (Å²) in [6.07, 6.45) is 0. The van der Waals surface area contributed by atoms with Gasteiger partial charge in [0.05, 0.1) is 6.54 Å². The van der Waals surface area contributed by atoms with E-state index >= 15 is 0 Å². The van der Waals surface area contributed by atoms with Gasteiger partial charge >= 0.3 is 0 Å². The van der Waals surface area contributed by atoms with Crippen molar-refractivity contribution >= 4 is 11.7 Å². The predicted octanol–water partition coefficient (Wildman–Crippen LogP) is -0.145. The summed E-state index contributed by atoms with van der Waals surface area (Å²) >= 11 is 0. The summed E-state index contributed by atoms with van der Waals surface area (Å²) in [5.74, 6) is 0.745. The third-order valence-corrected chi connectivity index (χ3v) is 1.69. The van der Waals surface area contributed by atoms with Gasteiger partial charge in [-0.25, -0.2) is 0 Å². The third-order valence-electron chi connectivity index (χ3n) is 1.69. The van der Waals surface area contributed by atoms with Gasteiger partial charge in [-0.2, -0.15) is 0 Å². The van der Waals surface area contributed by atoms with Crippen molar-refractivity contribution in [3.8, 4) is 0 Å². The summed E-state index contributed by atoms with van der Waals surface area (Å²) in [6, 6.07) is 0. The monoisotopic (exact) mass is 169 g/mol. The summed E-state index contributed by atoms with van der Waals surface area (Å²) in [6.45, 7) is 4.31. The van der Waals surface area contributed by atoms with Crippen LogP contribution in [0.15, 0.2) is 4.99 Å². The van der Waals surface area contributed by atoms with Crippen LogP contribution in [-0.4, -0.2) is 42.8 Å². The second kappa shape index (κ2) is 2.86. The van der Waals surface area contributed by atoms with E-state index in [-0.39, 0.29) is 5.91 Å². The Bertz CT molecular complexity index is 230. The minimum Gasteiger partial charge on any atom is -0.311 e. The molecule has 0 unspecified atom stereocenters. The molecule has 68 valence electrons. The Morgan fingerprint density at radius 2 is 2.08 bits per heavy atom. The highest BCUT2D eigenvalue weighted by Gasteiger charge is 2.33. The number of carbonyl (C=O) groups is 1. The molecule has 0 atom stereocenters. The van der Waals surface area contributed by atoms with Crippen LogP contribution in [0.3, 0.4) is 0 Å². The van der Waals surface area contributed by atoms with E-state index in [0.717, 1.165) is 5.84 Å². The second-order valence-electron chi connectivity index (χ2n) is 3.81. The average Bonchev–Trinajstić information content (AvgIpc) is 2.04. The van der Waals surface area contributed by atoms with Gasteiger partial charge in [0.15, 0.2) is 0 Å². The number of carbonyl (C=O) groups excluding carboxylic acids is 1. The molecule has 4 nitrogen and oxygen atoms in total. The van der Waals surface area contributed by atoms with Crippen molar-refractivity contribution in [2.24, 2.45) is 4.99 Å². The van der Waals surface area contributed by atoms with Crippen LogP contribution >= 0.6 is 0 Å². The molecular formula is C8H15N3O. The number of amides is 1. The van der Waals surface area contributed by atoms with Gasteiger partial charge in [-0.05, 0) is 27.9 Å². The number of hydrogen-bond donors (Lipinski definition) is 1. The highest BCUT2D eigenvalue weighted by molar-refractivity contribution is 6.08. The zero-order valence-corrected chi connectivity index (χ0v) is 8.01. The lowest BCUT2D eigenvalue weighted by atomic mass is 10.1. The summed E-state index contributed by atoms with van der Waals surface area (Å²) in [5.41, 5.74) is -0.578. The largest absolute Gasteiger partial charge is 0.311 e. The van der Waals surface area contributed by atoms with Crippen LogP contribution in [0, 0.1) is 0 Å². The number of likely N-dealkylation sites (N-methyl/N-ethyl adjacent to an activating group) is 1. The minimum atomic E-state index is -0.578. The molecule has 0 aliphatic carbocycles. The molecule has 0 aromatic carbocycles. The van der Waals surface area contributed by atoms with Gasteiger partial charge in [0.25, 0.3) is 5.91 Å². The van der Waals surface area contributed by atoms with E-state index < -0.39 is 5.54 Å². The molecular weight excluding hydrogens is 154 g/mol. The van der Waals surface area contributed by atoms with Crippen molar-refractivity contribution in [3.63, 3.8) is 0 Å². The smallest absolute Gasteiger partial charge is 0.252 e. The molecule has 1 amide bonds. The Hall–Kier alpha value is -0.900. The molecule has 0 saturated heterocycles. The first kappa shape index (κ1) is 9.19. The van der Waals surface area contributed by atoms with Gasteiger partial charge in [-0.15, -0.1) is 0 Å². The van der Waals surface area contributed by atoms with Crippen LogP contribution in [0.1, 0.15) is 13.8 Å². The van der Waals surface area contributed by atoms with Crippen molar-refractivity contribution in [2.45, 2.75) is 19.4 Å². The Morgan fingerprint density at radius 3 is 2.42 bits per heavy atom. The number of nitrogens with one attached hydrogen (secondary N) is 1. The van der Waals surface area contributed by atoms with E-state index in [0.29, 0.717) is 6.54 Å². The SMILES string of the molecule is CN(C)CC1=NC(C)(C)C(=O)N1.